The summed E-state index contributed by atoms with van der Waals surface area (Å²) in [5.74, 6) is 0.0271. The van der Waals surface area contributed by atoms with Gasteiger partial charge in [-0.15, -0.1) is 0 Å². The monoisotopic (exact) mass is 221 g/mol. The molecule has 3 nitrogen and oxygen atoms in total. The smallest absolute Gasteiger partial charge is 0.156 e. The van der Waals surface area contributed by atoms with E-state index in [-0.39, 0.29) is 12.4 Å². The van der Waals surface area contributed by atoms with E-state index in [0.29, 0.717) is 6.42 Å². The van der Waals surface area contributed by atoms with Crippen LogP contribution >= 0.6 is 0 Å². The number of carbonyl (C=O) groups is 1. The zero-order chi connectivity index (χ0) is 12.1. The molecule has 0 aliphatic rings. The second-order valence-electron chi connectivity index (χ2n) is 4.08. The fraction of sp³-hybridized carbons (Fsp3) is 0.462. The van der Waals surface area contributed by atoms with Crippen LogP contribution in [0.15, 0.2) is 18.2 Å². The van der Waals surface area contributed by atoms with Crippen molar-refractivity contribution in [2.75, 3.05) is 13.7 Å². The number of ketones is 1. The number of methoxy groups -OCH3 is 1. The first-order chi connectivity index (χ1) is 7.56. The molecule has 1 atom stereocenters. The fourth-order valence-corrected chi connectivity index (χ4v) is 1.71. The molecule has 0 saturated carbocycles. The first-order valence-corrected chi connectivity index (χ1v) is 5.38. The van der Waals surface area contributed by atoms with E-state index >= 15 is 0 Å². The average molecular weight is 221 g/mol. The summed E-state index contributed by atoms with van der Waals surface area (Å²) in [6.07, 6.45) is 0.392. The minimum Gasteiger partial charge on any atom is -0.383 e. The Bertz CT molecular complexity index is 354. The lowest BCUT2D eigenvalue weighted by Gasteiger charge is -2.12. The van der Waals surface area contributed by atoms with E-state index in [2.05, 4.69) is 0 Å². The number of ether oxygens (including phenoxy) is 1. The normalized spacial score (nSPS) is 12.5. The maximum Gasteiger partial charge on any atom is 0.156 e. The van der Waals surface area contributed by atoms with Crippen LogP contribution in [0.2, 0.25) is 0 Å². The summed E-state index contributed by atoms with van der Waals surface area (Å²) in [6, 6.07) is 5.49. The molecule has 16 heavy (non-hydrogen) atoms. The van der Waals surface area contributed by atoms with Gasteiger partial charge in [0.15, 0.2) is 5.78 Å². The van der Waals surface area contributed by atoms with Gasteiger partial charge >= 0.3 is 0 Å². The van der Waals surface area contributed by atoms with Gasteiger partial charge in [-0.3, -0.25) is 4.79 Å². The van der Waals surface area contributed by atoms with Gasteiger partial charge in [-0.05, 0) is 30.5 Å². The van der Waals surface area contributed by atoms with Crippen molar-refractivity contribution in [1.29, 1.82) is 0 Å². The van der Waals surface area contributed by atoms with Crippen LogP contribution in [-0.2, 0) is 16.0 Å². The summed E-state index contributed by atoms with van der Waals surface area (Å²) in [7, 11) is 1.55. The van der Waals surface area contributed by atoms with E-state index < -0.39 is 6.04 Å². The molecule has 0 fully saturated rings. The Balaban J connectivity index is 2.77. The largest absolute Gasteiger partial charge is 0.383 e. The number of aryl methyl sites for hydroxylation is 2. The highest BCUT2D eigenvalue weighted by atomic mass is 16.5. The molecule has 88 valence electrons. The van der Waals surface area contributed by atoms with E-state index in [4.69, 9.17) is 10.5 Å². The molecular weight excluding hydrogens is 202 g/mol. The van der Waals surface area contributed by atoms with Gasteiger partial charge in [0.05, 0.1) is 12.6 Å². The maximum absolute atomic E-state index is 11.8. The Hall–Kier alpha value is -1.19. The highest BCUT2D eigenvalue weighted by Gasteiger charge is 2.15. The quantitative estimate of drug-likeness (QED) is 0.817. The molecule has 0 amide bonds. The predicted octanol–water partition coefficient (Wildman–Crippen LogP) is 1.39. The predicted molar refractivity (Wildman–Crippen MR) is 64.5 cm³/mol. The summed E-state index contributed by atoms with van der Waals surface area (Å²) in [6.45, 7) is 4.30. The van der Waals surface area contributed by atoms with Gasteiger partial charge in [0.2, 0.25) is 0 Å². The maximum atomic E-state index is 11.8. The third kappa shape index (κ3) is 3.15. The number of hydrogen-bond acceptors (Lipinski definition) is 3. The van der Waals surface area contributed by atoms with Crippen molar-refractivity contribution in [3.63, 3.8) is 0 Å². The summed E-state index contributed by atoms with van der Waals surface area (Å²) >= 11 is 0. The zero-order valence-electron chi connectivity index (χ0n) is 10.1. The Kier molecular flexibility index (Phi) is 4.65. The van der Waals surface area contributed by atoms with Crippen molar-refractivity contribution in [3.8, 4) is 0 Å². The average Bonchev–Trinajstić information content (AvgIpc) is 2.23. The first-order valence-electron chi connectivity index (χ1n) is 5.38. The number of rotatable bonds is 5. The van der Waals surface area contributed by atoms with E-state index in [1.165, 1.54) is 0 Å². The van der Waals surface area contributed by atoms with E-state index in [0.717, 1.165) is 16.7 Å². The SMILES string of the molecule is COCC(N)C(=O)Cc1c(C)cccc1C. The standard InChI is InChI=1S/C13H19NO2/c1-9-5-4-6-10(2)11(9)7-13(15)12(14)8-16-3/h4-6,12H,7-8,14H2,1-3H3. The van der Waals surface area contributed by atoms with Crippen LogP contribution in [0.5, 0.6) is 0 Å². The molecule has 0 saturated heterocycles. The molecule has 1 unspecified atom stereocenters. The second kappa shape index (κ2) is 5.77. The Morgan fingerprint density at radius 1 is 1.38 bits per heavy atom. The summed E-state index contributed by atoms with van der Waals surface area (Å²) in [5.41, 5.74) is 9.06. The lowest BCUT2D eigenvalue weighted by Crippen LogP contribution is -2.36. The van der Waals surface area contributed by atoms with Gasteiger partial charge in [-0.2, -0.15) is 0 Å². The number of nitrogens with two attached hydrogens (primary N) is 1. The summed E-state index contributed by atoms with van der Waals surface area (Å²) in [4.78, 5) is 11.8. The van der Waals surface area contributed by atoms with Gasteiger partial charge in [-0.1, -0.05) is 18.2 Å². The third-order valence-corrected chi connectivity index (χ3v) is 2.76. The van der Waals surface area contributed by atoms with Crippen LogP contribution in [0, 0.1) is 13.8 Å². The molecule has 0 aliphatic heterocycles. The molecular formula is C13H19NO2. The van der Waals surface area contributed by atoms with Crippen molar-refractivity contribution in [2.24, 2.45) is 5.73 Å². The molecule has 3 heteroatoms. The van der Waals surface area contributed by atoms with E-state index in [9.17, 15) is 4.79 Å². The number of benzene rings is 1. The topological polar surface area (TPSA) is 52.3 Å². The van der Waals surface area contributed by atoms with Gasteiger partial charge in [0.1, 0.15) is 0 Å². The highest BCUT2D eigenvalue weighted by molar-refractivity contribution is 5.86. The third-order valence-electron chi connectivity index (χ3n) is 2.76. The van der Waals surface area contributed by atoms with Crippen LogP contribution in [0.4, 0.5) is 0 Å². The van der Waals surface area contributed by atoms with Crippen molar-refractivity contribution in [2.45, 2.75) is 26.3 Å². The minimum absolute atomic E-state index is 0.0271. The Morgan fingerprint density at radius 3 is 2.44 bits per heavy atom. The Labute approximate surface area is 96.6 Å². The lowest BCUT2D eigenvalue weighted by atomic mass is 9.96. The Morgan fingerprint density at radius 2 is 1.94 bits per heavy atom. The van der Waals surface area contributed by atoms with E-state index in [1.54, 1.807) is 7.11 Å². The summed E-state index contributed by atoms with van der Waals surface area (Å²) < 4.78 is 4.88. The molecule has 0 heterocycles. The minimum atomic E-state index is -0.524. The zero-order valence-corrected chi connectivity index (χ0v) is 10.1. The molecule has 0 aliphatic carbocycles. The van der Waals surface area contributed by atoms with Crippen LogP contribution in [0.1, 0.15) is 16.7 Å². The first kappa shape index (κ1) is 12.9. The van der Waals surface area contributed by atoms with Gasteiger partial charge in [0, 0.05) is 13.5 Å². The summed E-state index contributed by atoms with van der Waals surface area (Å²) in [5, 5.41) is 0. The molecule has 1 aromatic carbocycles. The van der Waals surface area contributed by atoms with Crippen LogP contribution in [-0.4, -0.2) is 25.5 Å². The number of hydrogen-bond donors (Lipinski definition) is 1. The molecule has 0 aromatic heterocycles. The van der Waals surface area contributed by atoms with Crippen molar-refractivity contribution in [1.82, 2.24) is 0 Å². The molecule has 1 rings (SSSR count). The number of Topliss-reactive ketones (excluding diaryl/α,β-unsaturated/α-hetero) is 1. The van der Waals surface area contributed by atoms with Crippen LogP contribution in [0.25, 0.3) is 0 Å². The second-order valence-corrected chi connectivity index (χ2v) is 4.08. The molecule has 1 aromatic rings. The lowest BCUT2D eigenvalue weighted by molar-refractivity contribution is -0.120. The van der Waals surface area contributed by atoms with Crippen molar-refractivity contribution in [3.05, 3.63) is 34.9 Å². The number of carbonyl (C=O) groups excluding carboxylic acids is 1. The van der Waals surface area contributed by atoms with Gasteiger partial charge in [-0.25, -0.2) is 0 Å². The van der Waals surface area contributed by atoms with Crippen LogP contribution in [0.3, 0.4) is 0 Å². The van der Waals surface area contributed by atoms with Gasteiger partial charge < -0.3 is 10.5 Å². The molecule has 0 spiro atoms. The molecule has 2 N–H and O–H groups in total. The molecule has 0 bridgehead atoms. The van der Waals surface area contributed by atoms with E-state index in [1.807, 2.05) is 32.0 Å². The molecule has 0 radical (unpaired) electrons. The van der Waals surface area contributed by atoms with Crippen LogP contribution < -0.4 is 5.73 Å². The van der Waals surface area contributed by atoms with Crippen molar-refractivity contribution >= 4 is 5.78 Å². The fourth-order valence-electron chi connectivity index (χ4n) is 1.71. The van der Waals surface area contributed by atoms with Gasteiger partial charge in [0.25, 0.3) is 0 Å². The van der Waals surface area contributed by atoms with Crippen molar-refractivity contribution < 1.29 is 9.53 Å². The highest BCUT2D eigenvalue weighted by Crippen LogP contribution is 2.14.